The zero-order chi connectivity index (χ0) is 13.1. The van der Waals surface area contributed by atoms with Gasteiger partial charge < -0.3 is 4.74 Å². The average Bonchev–Trinajstić information content (AvgIpc) is 2.99. The lowest BCUT2D eigenvalue weighted by molar-refractivity contribution is -0.120. The number of benzene rings is 1. The molecule has 1 aliphatic heterocycles. The van der Waals surface area contributed by atoms with E-state index in [1.54, 1.807) is 6.33 Å². The van der Waals surface area contributed by atoms with E-state index in [9.17, 15) is 4.79 Å². The molecule has 1 aromatic carbocycles. The Kier molecular flexibility index (Phi) is 3.75. The summed E-state index contributed by atoms with van der Waals surface area (Å²) in [7, 11) is 0. The number of rotatable bonds is 4. The molecular weight excluding hydrogens is 260 g/mol. The highest BCUT2D eigenvalue weighted by molar-refractivity contribution is 8.00. The SMILES string of the molecule is O=C(CSc1ncnc2ccccc12)C1CCOC1. The fourth-order valence-electron chi connectivity index (χ4n) is 2.14. The van der Waals surface area contributed by atoms with Crippen LogP contribution in [0.1, 0.15) is 6.42 Å². The first-order valence-corrected chi connectivity index (χ1v) is 7.26. The molecule has 2 aromatic rings. The highest BCUT2D eigenvalue weighted by atomic mass is 32.2. The van der Waals surface area contributed by atoms with Crippen molar-refractivity contribution in [1.82, 2.24) is 9.97 Å². The molecule has 2 heterocycles. The number of hydrogen-bond donors (Lipinski definition) is 0. The van der Waals surface area contributed by atoms with E-state index < -0.39 is 0 Å². The Labute approximate surface area is 115 Å². The Hall–Kier alpha value is -1.46. The lowest BCUT2D eigenvalue weighted by atomic mass is 10.1. The third-order valence-electron chi connectivity index (χ3n) is 3.24. The van der Waals surface area contributed by atoms with Crippen LogP contribution in [-0.2, 0) is 9.53 Å². The Bertz CT molecular complexity index is 592. The van der Waals surface area contributed by atoms with Crippen LogP contribution in [0.25, 0.3) is 10.9 Å². The minimum atomic E-state index is 0.0700. The van der Waals surface area contributed by atoms with Crippen LogP contribution in [0.15, 0.2) is 35.6 Å². The molecule has 0 radical (unpaired) electrons. The molecule has 98 valence electrons. The molecule has 0 spiro atoms. The maximum absolute atomic E-state index is 12.0. The second-order valence-corrected chi connectivity index (χ2v) is 5.48. The molecule has 0 aliphatic carbocycles. The maximum atomic E-state index is 12.0. The van der Waals surface area contributed by atoms with Gasteiger partial charge in [0.2, 0.25) is 0 Å². The van der Waals surface area contributed by atoms with Crippen molar-refractivity contribution < 1.29 is 9.53 Å². The highest BCUT2D eigenvalue weighted by Crippen LogP contribution is 2.25. The topological polar surface area (TPSA) is 52.1 Å². The van der Waals surface area contributed by atoms with Crippen LogP contribution in [0.5, 0.6) is 0 Å². The van der Waals surface area contributed by atoms with Crippen LogP contribution in [0, 0.1) is 5.92 Å². The first-order valence-electron chi connectivity index (χ1n) is 6.27. The smallest absolute Gasteiger partial charge is 0.148 e. The predicted octanol–water partition coefficient (Wildman–Crippen LogP) is 2.33. The molecule has 1 fully saturated rings. The number of Topliss-reactive ketones (excluding diaryl/α,β-unsaturated/α-hetero) is 1. The van der Waals surface area contributed by atoms with E-state index in [2.05, 4.69) is 9.97 Å². The van der Waals surface area contributed by atoms with Crippen molar-refractivity contribution in [1.29, 1.82) is 0 Å². The number of ketones is 1. The summed E-state index contributed by atoms with van der Waals surface area (Å²) >= 11 is 1.49. The van der Waals surface area contributed by atoms with Gasteiger partial charge in [-0.15, -0.1) is 0 Å². The van der Waals surface area contributed by atoms with Crippen LogP contribution in [-0.4, -0.2) is 34.7 Å². The molecule has 1 atom stereocenters. The number of carbonyl (C=O) groups is 1. The Morgan fingerprint density at radius 1 is 1.37 bits per heavy atom. The van der Waals surface area contributed by atoms with Gasteiger partial charge in [-0.1, -0.05) is 30.0 Å². The van der Waals surface area contributed by atoms with Crippen molar-refractivity contribution in [2.75, 3.05) is 19.0 Å². The summed E-state index contributed by atoms with van der Waals surface area (Å²) < 4.78 is 5.24. The van der Waals surface area contributed by atoms with Crippen LogP contribution in [0.3, 0.4) is 0 Å². The molecule has 19 heavy (non-hydrogen) atoms. The molecule has 1 aliphatic rings. The average molecular weight is 274 g/mol. The Balaban J connectivity index is 1.73. The van der Waals surface area contributed by atoms with E-state index in [1.807, 2.05) is 24.3 Å². The van der Waals surface area contributed by atoms with Gasteiger partial charge in [-0.25, -0.2) is 9.97 Å². The molecule has 3 rings (SSSR count). The van der Waals surface area contributed by atoms with Gasteiger partial charge in [0, 0.05) is 17.9 Å². The molecule has 1 saturated heterocycles. The molecular formula is C14H14N2O2S. The van der Waals surface area contributed by atoms with Gasteiger partial charge in [-0.3, -0.25) is 4.79 Å². The number of carbonyl (C=O) groups excluding carboxylic acids is 1. The third kappa shape index (κ3) is 2.77. The van der Waals surface area contributed by atoms with E-state index in [0.717, 1.165) is 22.3 Å². The van der Waals surface area contributed by atoms with E-state index in [-0.39, 0.29) is 11.7 Å². The van der Waals surface area contributed by atoms with Crippen molar-refractivity contribution in [3.05, 3.63) is 30.6 Å². The summed E-state index contributed by atoms with van der Waals surface area (Å²) in [6.45, 7) is 1.28. The van der Waals surface area contributed by atoms with Crippen LogP contribution in [0.2, 0.25) is 0 Å². The second-order valence-electron chi connectivity index (χ2n) is 4.51. The van der Waals surface area contributed by atoms with Crippen molar-refractivity contribution in [2.24, 2.45) is 5.92 Å². The summed E-state index contributed by atoms with van der Waals surface area (Å²) in [5, 5.41) is 1.88. The third-order valence-corrected chi connectivity index (χ3v) is 4.27. The van der Waals surface area contributed by atoms with Crippen molar-refractivity contribution in [2.45, 2.75) is 11.4 Å². The van der Waals surface area contributed by atoms with E-state index >= 15 is 0 Å². The first kappa shape index (κ1) is 12.6. The minimum absolute atomic E-state index is 0.0700. The molecule has 0 bridgehead atoms. The summed E-state index contributed by atoms with van der Waals surface area (Å²) in [6.07, 6.45) is 2.40. The predicted molar refractivity (Wildman–Crippen MR) is 74.2 cm³/mol. The molecule has 1 aromatic heterocycles. The normalized spacial score (nSPS) is 18.8. The van der Waals surface area contributed by atoms with Crippen molar-refractivity contribution >= 4 is 28.4 Å². The molecule has 4 nitrogen and oxygen atoms in total. The zero-order valence-corrected chi connectivity index (χ0v) is 11.2. The number of aromatic nitrogens is 2. The van der Waals surface area contributed by atoms with E-state index in [1.165, 1.54) is 11.8 Å². The molecule has 0 amide bonds. The molecule has 0 saturated carbocycles. The summed E-state index contributed by atoms with van der Waals surface area (Å²) in [5.41, 5.74) is 0.914. The van der Waals surface area contributed by atoms with Gasteiger partial charge in [-0.05, 0) is 12.5 Å². The van der Waals surface area contributed by atoms with Gasteiger partial charge in [0.1, 0.15) is 17.1 Å². The molecule has 5 heteroatoms. The van der Waals surface area contributed by atoms with E-state index in [0.29, 0.717) is 19.0 Å². The van der Waals surface area contributed by atoms with Gasteiger partial charge >= 0.3 is 0 Å². The number of ether oxygens (including phenoxy) is 1. The lowest BCUT2D eigenvalue weighted by Gasteiger charge is -2.07. The number of fused-ring (bicyclic) bond motifs is 1. The second kappa shape index (κ2) is 5.67. The van der Waals surface area contributed by atoms with Crippen LogP contribution >= 0.6 is 11.8 Å². The van der Waals surface area contributed by atoms with Gasteiger partial charge in [0.25, 0.3) is 0 Å². The molecule has 1 unspecified atom stereocenters. The standard InChI is InChI=1S/C14H14N2O2S/c17-13(10-5-6-18-7-10)8-19-14-11-3-1-2-4-12(11)15-9-16-14/h1-4,9-10H,5-8H2. The van der Waals surface area contributed by atoms with Crippen LogP contribution in [0.4, 0.5) is 0 Å². The van der Waals surface area contributed by atoms with Gasteiger partial charge in [-0.2, -0.15) is 0 Å². The number of para-hydroxylation sites is 1. The highest BCUT2D eigenvalue weighted by Gasteiger charge is 2.23. The Morgan fingerprint density at radius 3 is 3.11 bits per heavy atom. The largest absolute Gasteiger partial charge is 0.381 e. The lowest BCUT2D eigenvalue weighted by Crippen LogP contribution is -2.16. The quantitative estimate of drug-likeness (QED) is 0.632. The van der Waals surface area contributed by atoms with Gasteiger partial charge in [0.15, 0.2) is 0 Å². The maximum Gasteiger partial charge on any atom is 0.148 e. The zero-order valence-electron chi connectivity index (χ0n) is 10.4. The van der Waals surface area contributed by atoms with Crippen LogP contribution < -0.4 is 0 Å². The summed E-state index contributed by atoms with van der Waals surface area (Å²) in [5.74, 6) is 0.778. The van der Waals surface area contributed by atoms with E-state index in [4.69, 9.17) is 4.74 Å². The Morgan fingerprint density at radius 2 is 2.26 bits per heavy atom. The monoisotopic (exact) mass is 274 g/mol. The number of thioether (sulfide) groups is 1. The van der Waals surface area contributed by atoms with Crippen molar-refractivity contribution in [3.8, 4) is 0 Å². The summed E-state index contributed by atoms with van der Waals surface area (Å²) in [4.78, 5) is 20.5. The number of nitrogens with zero attached hydrogens (tertiary/aromatic N) is 2. The minimum Gasteiger partial charge on any atom is -0.381 e. The summed E-state index contributed by atoms with van der Waals surface area (Å²) in [6, 6.07) is 7.85. The number of hydrogen-bond acceptors (Lipinski definition) is 5. The fraction of sp³-hybridized carbons (Fsp3) is 0.357. The van der Waals surface area contributed by atoms with Crippen molar-refractivity contribution in [3.63, 3.8) is 0 Å². The first-order chi connectivity index (χ1) is 9.34. The van der Waals surface area contributed by atoms with Gasteiger partial charge in [0.05, 0.1) is 17.9 Å². The fourth-order valence-corrected chi connectivity index (χ4v) is 3.11. The molecule has 0 N–H and O–H groups in total.